The maximum Gasteiger partial charge on any atom is 0.262 e. The lowest BCUT2D eigenvalue weighted by atomic mass is 10.1. The van der Waals surface area contributed by atoms with E-state index in [1.165, 1.54) is 0 Å². The van der Waals surface area contributed by atoms with E-state index in [1.807, 2.05) is 32.0 Å². The molecule has 3 nitrogen and oxygen atoms in total. The highest BCUT2D eigenvalue weighted by Gasteiger charge is 2.19. The van der Waals surface area contributed by atoms with E-state index in [1.54, 1.807) is 26.0 Å². The van der Waals surface area contributed by atoms with Crippen molar-refractivity contribution in [3.8, 4) is 0 Å². The minimum absolute atomic E-state index is 0.255. The summed E-state index contributed by atoms with van der Waals surface area (Å²) in [5, 5.41) is 0.568. The predicted molar refractivity (Wildman–Crippen MR) is 87.7 cm³/mol. The molecule has 0 saturated heterocycles. The lowest BCUT2D eigenvalue weighted by Crippen LogP contribution is -2.15. The Hall–Kier alpha value is -1.52. The molecule has 2 aromatic rings. The molecule has 112 valence electrons. The first-order chi connectivity index (χ1) is 9.70. The highest BCUT2D eigenvalue weighted by atomic mass is 35.5. The Kier molecular flexibility index (Phi) is 4.30. The second-order valence-electron chi connectivity index (χ2n) is 5.29. The number of hydrogen-bond donors (Lipinski definition) is 1. The number of halogens is 1. The van der Waals surface area contributed by atoms with E-state index in [0.717, 1.165) is 16.7 Å². The highest BCUT2D eigenvalue weighted by Crippen LogP contribution is 2.26. The molecule has 0 atom stereocenters. The van der Waals surface area contributed by atoms with Gasteiger partial charge in [0.15, 0.2) is 0 Å². The van der Waals surface area contributed by atoms with Crippen LogP contribution >= 0.6 is 11.6 Å². The first-order valence-corrected chi connectivity index (χ1v) is 8.43. The zero-order chi connectivity index (χ0) is 15.8. The van der Waals surface area contributed by atoms with E-state index in [0.29, 0.717) is 16.3 Å². The number of sulfonamides is 1. The van der Waals surface area contributed by atoms with Crippen molar-refractivity contribution in [2.24, 2.45) is 0 Å². The van der Waals surface area contributed by atoms with Gasteiger partial charge in [-0.2, -0.15) is 0 Å². The Bertz CT molecular complexity index is 798. The summed E-state index contributed by atoms with van der Waals surface area (Å²) >= 11 is 6.03. The fraction of sp³-hybridized carbons (Fsp3) is 0.250. The Morgan fingerprint density at radius 1 is 0.905 bits per heavy atom. The molecule has 0 unspecified atom stereocenters. The monoisotopic (exact) mass is 323 g/mol. The lowest BCUT2D eigenvalue weighted by molar-refractivity contribution is 0.600. The van der Waals surface area contributed by atoms with Crippen molar-refractivity contribution >= 4 is 27.3 Å². The average Bonchev–Trinajstić information content (AvgIpc) is 2.37. The molecule has 0 aliphatic heterocycles. The second-order valence-corrected chi connectivity index (χ2v) is 7.35. The van der Waals surface area contributed by atoms with Crippen LogP contribution in [0.3, 0.4) is 0 Å². The van der Waals surface area contributed by atoms with Crippen LogP contribution < -0.4 is 4.72 Å². The minimum atomic E-state index is -3.63. The van der Waals surface area contributed by atoms with E-state index in [2.05, 4.69) is 4.72 Å². The van der Waals surface area contributed by atoms with E-state index >= 15 is 0 Å². The maximum atomic E-state index is 12.6. The van der Waals surface area contributed by atoms with Crippen LogP contribution in [0.25, 0.3) is 0 Å². The van der Waals surface area contributed by atoms with Crippen LogP contribution in [0.1, 0.15) is 22.3 Å². The first kappa shape index (κ1) is 15.9. The fourth-order valence-corrected chi connectivity index (χ4v) is 3.74. The molecule has 0 saturated carbocycles. The Labute approximate surface area is 131 Å². The molecular formula is C16H18ClNO2S. The van der Waals surface area contributed by atoms with Gasteiger partial charge in [0.2, 0.25) is 0 Å². The molecular weight excluding hydrogens is 306 g/mol. The number of aryl methyl sites for hydroxylation is 4. The summed E-state index contributed by atoms with van der Waals surface area (Å²) in [5.74, 6) is 0. The number of nitrogens with one attached hydrogen (secondary N) is 1. The summed E-state index contributed by atoms with van der Waals surface area (Å²) < 4.78 is 27.9. The fourth-order valence-electron chi connectivity index (χ4n) is 2.09. The molecule has 2 aromatic carbocycles. The van der Waals surface area contributed by atoms with Gasteiger partial charge in [-0.05, 0) is 68.1 Å². The van der Waals surface area contributed by atoms with Gasteiger partial charge >= 0.3 is 0 Å². The Morgan fingerprint density at radius 2 is 1.57 bits per heavy atom. The van der Waals surface area contributed by atoms with E-state index in [4.69, 9.17) is 11.6 Å². The molecule has 0 bridgehead atoms. The quantitative estimate of drug-likeness (QED) is 0.911. The summed E-state index contributed by atoms with van der Waals surface area (Å²) in [7, 11) is -3.63. The zero-order valence-corrected chi connectivity index (χ0v) is 14.1. The SMILES string of the molecule is Cc1ccc(C)c(NS(=O)(=O)c2cc(C)c(Cl)cc2C)c1. The van der Waals surface area contributed by atoms with Gasteiger partial charge in [0, 0.05) is 5.02 Å². The van der Waals surface area contributed by atoms with E-state index in [9.17, 15) is 8.42 Å². The van der Waals surface area contributed by atoms with Crippen LogP contribution in [0.2, 0.25) is 5.02 Å². The third-order valence-corrected chi connectivity index (χ3v) is 5.30. The summed E-state index contributed by atoms with van der Waals surface area (Å²) in [4.78, 5) is 0.255. The maximum absolute atomic E-state index is 12.6. The molecule has 5 heteroatoms. The Morgan fingerprint density at radius 3 is 2.24 bits per heavy atom. The number of benzene rings is 2. The van der Waals surface area contributed by atoms with Gasteiger partial charge in [-0.1, -0.05) is 23.7 Å². The van der Waals surface area contributed by atoms with Gasteiger partial charge in [0.1, 0.15) is 0 Å². The van der Waals surface area contributed by atoms with Crippen LogP contribution in [0.15, 0.2) is 35.2 Å². The number of rotatable bonds is 3. The molecule has 0 aliphatic rings. The summed E-state index contributed by atoms with van der Waals surface area (Å²) in [6.45, 7) is 7.33. The molecule has 0 aliphatic carbocycles. The molecule has 0 aromatic heterocycles. The van der Waals surface area contributed by atoms with E-state index in [-0.39, 0.29) is 4.90 Å². The standard InChI is InChI=1S/C16H18ClNO2S/c1-10-5-6-11(2)15(7-10)18-21(19,20)16-9-12(3)14(17)8-13(16)4/h5-9,18H,1-4H3. The minimum Gasteiger partial charge on any atom is -0.279 e. The van der Waals surface area contributed by atoms with Crippen LogP contribution in [0.5, 0.6) is 0 Å². The molecule has 0 spiro atoms. The first-order valence-electron chi connectivity index (χ1n) is 6.57. The molecule has 1 N–H and O–H groups in total. The van der Waals surface area contributed by atoms with Crippen LogP contribution in [-0.2, 0) is 10.0 Å². The summed E-state index contributed by atoms with van der Waals surface area (Å²) in [6, 6.07) is 8.95. The molecule has 0 radical (unpaired) electrons. The van der Waals surface area contributed by atoms with Crippen LogP contribution in [-0.4, -0.2) is 8.42 Å². The van der Waals surface area contributed by atoms with Gasteiger partial charge in [0.05, 0.1) is 10.6 Å². The van der Waals surface area contributed by atoms with Crippen molar-refractivity contribution in [2.75, 3.05) is 4.72 Å². The third-order valence-electron chi connectivity index (χ3n) is 3.38. The number of hydrogen-bond acceptors (Lipinski definition) is 2. The molecule has 0 amide bonds. The molecule has 0 heterocycles. The van der Waals surface area contributed by atoms with Crippen molar-refractivity contribution < 1.29 is 8.42 Å². The van der Waals surface area contributed by atoms with Crippen LogP contribution in [0.4, 0.5) is 5.69 Å². The topological polar surface area (TPSA) is 46.2 Å². The third kappa shape index (κ3) is 3.39. The smallest absolute Gasteiger partial charge is 0.262 e. The van der Waals surface area contributed by atoms with Gasteiger partial charge < -0.3 is 0 Å². The van der Waals surface area contributed by atoms with Gasteiger partial charge in [-0.3, -0.25) is 4.72 Å². The normalized spacial score (nSPS) is 11.5. The van der Waals surface area contributed by atoms with E-state index < -0.39 is 10.0 Å². The highest BCUT2D eigenvalue weighted by molar-refractivity contribution is 7.92. The zero-order valence-electron chi connectivity index (χ0n) is 12.5. The predicted octanol–water partition coefficient (Wildman–Crippen LogP) is 4.37. The van der Waals surface area contributed by atoms with Gasteiger partial charge in [-0.15, -0.1) is 0 Å². The van der Waals surface area contributed by atoms with Gasteiger partial charge in [-0.25, -0.2) is 8.42 Å². The molecule has 2 rings (SSSR count). The van der Waals surface area contributed by atoms with Crippen molar-refractivity contribution in [1.29, 1.82) is 0 Å². The molecule has 0 fully saturated rings. The van der Waals surface area contributed by atoms with Crippen molar-refractivity contribution in [1.82, 2.24) is 0 Å². The van der Waals surface area contributed by atoms with Gasteiger partial charge in [0.25, 0.3) is 10.0 Å². The van der Waals surface area contributed by atoms with Crippen molar-refractivity contribution in [3.63, 3.8) is 0 Å². The summed E-state index contributed by atoms with van der Waals surface area (Å²) in [5.41, 5.74) is 3.85. The van der Waals surface area contributed by atoms with Crippen molar-refractivity contribution in [2.45, 2.75) is 32.6 Å². The average molecular weight is 324 g/mol. The molecule has 21 heavy (non-hydrogen) atoms. The summed E-state index contributed by atoms with van der Waals surface area (Å²) in [6.07, 6.45) is 0. The van der Waals surface area contributed by atoms with Crippen molar-refractivity contribution in [3.05, 3.63) is 57.6 Å². The lowest BCUT2D eigenvalue weighted by Gasteiger charge is -2.14. The largest absolute Gasteiger partial charge is 0.279 e. The van der Waals surface area contributed by atoms with Crippen LogP contribution in [0, 0.1) is 27.7 Å². The Balaban J connectivity index is 2.48. The number of anilines is 1. The second kappa shape index (κ2) is 5.70.